The van der Waals surface area contributed by atoms with Crippen molar-refractivity contribution in [2.24, 2.45) is 0 Å². The lowest BCUT2D eigenvalue weighted by Crippen LogP contribution is -1.99. The summed E-state index contributed by atoms with van der Waals surface area (Å²) in [6.45, 7) is 0.994. The third kappa shape index (κ3) is 2.71. The highest BCUT2D eigenvalue weighted by atomic mass is 16.7. The minimum Gasteiger partial charge on any atom is -0.454 e. The zero-order valence-electron chi connectivity index (χ0n) is 13.9. The molecule has 2 aromatic carbocycles. The topological polar surface area (TPSA) is 72.1 Å². The summed E-state index contributed by atoms with van der Waals surface area (Å²) in [5, 5.41) is 3.44. The van der Waals surface area contributed by atoms with Gasteiger partial charge in [-0.1, -0.05) is 6.07 Å². The first kappa shape index (κ1) is 14.8. The van der Waals surface area contributed by atoms with E-state index in [1.54, 1.807) is 12.4 Å². The van der Waals surface area contributed by atoms with Gasteiger partial charge in [0.05, 0.1) is 11.0 Å². The van der Waals surface area contributed by atoms with Crippen molar-refractivity contribution in [1.29, 1.82) is 0 Å². The van der Waals surface area contributed by atoms with Gasteiger partial charge in [-0.05, 0) is 48.0 Å². The molecule has 3 heterocycles. The molecule has 0 spiro atoms. The van der Waals surface area contributed by atoms with Crippen LogP contribution in [0.5, 0.6) is 11.5 Å². The fraction of sp³-hybridized carbons (Fsp3) is 0.100. The number of anilines is 1. The maximum atomic E-state index is 5.43. The van der Waals surface area contributed by atoms with Gasteiger partial charge in [0, 0.05) is 30.2 Å². The number of ether oxygens (including phenoxy) is 2. The highest BCUT2D eigenvalue weighted by molar-refractivity contribution is 5.82. The number of aromatic nitrogens is 3. The van der Waals surface area contributed by atoms with Crippen molar-refractivity contribution in [3.05, 3.63) is 66.5 Å². The second-order valence-electron chi connectivity index (χ2n) is 6.10. The second-order valence-corrected chi connectivity index (χ2v) is 6.10. The van der Waals surface area contributed by atoms with Crippen molar-refractivity contribution >= 4 is 16.7 Å². The standard InChI is InChI=1S/C20H16N4O2/c1-2-14(11-21-7-1)20-23-16-5-4-15(9-17(16)24-20)22-10-13-3-6-18-19(8-13)26-12-25-18/h1-9,11,22H,10,12H2,(H,23,24). The minimum absolute atomic E-state index is 0.294. The van der Waals surface area contributed by atoms with Gasteiger partial charge in [0.15, 0.2) is 11.5 Å². The fourth-order valence-corrected chi connectivity index (χ4v) is 3.01. The monoisotopic (exact) mass is 344 g/mol. The van der Waals surface area contributed by atoms with Gasteiger partial charge in [0.2, 0.25) is 6.79 Å². The number of benzene rings is 2. The van der Waals surface area contributed by atoms with Crippen LogP contribution in [0.15, 0.2) is 60.9 Å². The summed E-state index contributed by atoms with van der Waals surface area (Å²) >= 11 is 0. The van der Waals surface area contributed by atoms with E-state index in [9.17, 15) is 0 Å². The molecule has 0 fully saturated rings. The van der Waals surface area contributed by atoms with E-state index in [1.165, 1.54) is 0 Å². The number of pyridine rings is 1. The van der Waals surface area contributed by atoms with Crippen LogP contribution in [0.3, 0.4) is 0 Å². The van der Waals surface area contributed by atoms with E-state index in [-0.39, 0.29) is 0 Å². The van der Waals surface area contributed by atoms with E-state index in [0.717, 1.165) is 45.2 Å². The van der Waals surface area contributed by atoms with Gasteiger partial charge in [0.1, 0.15) is 5.82 Å². The van der Waals surface area contributed by atoms with Crippen LogP contribution in [-0.4, -0.2) is 21.7 Å². The third-order valence-corrected chi connectivity index (χ3v) is 4.35. The molecule has 6 nitrogen and oxygen atoms in total. The molecule has 128 valence electrons. The average molecular weight is 344 g/mol. The van der Waals surface area contributed by atoms with Crippen molar-refractivity contribution < 1.29 is 9.47 Å². The number of rotatable bonds is 4. The molecule has 0 unspecified atom stereocenters. The fourth-order valence-electron chi connectivity index (χ4n) is 3.01. The smallest absolute Gasteiger partial charge is 0.231 e. The molecule has 0 bridgehead atoms. The number of nitrogens with one attached hydrogen (secondary N) is 2. The molecule has 1 aliphatic heterocycles. The van der Waals surface area contributed by atoms with Gasteiger partial charge in [0.25, 0.3) is 0 Å². The van der Waals surface area contributed by atoms with E-state index < -0.39 is 0 Å². The van der Waals surface area contributed by atoms with Crippen LogP contribution in [-0.2, 0) is 6.54 Å². The van der Waals surface area contributed by atoms with Gasteiger partial charge in [-0.2, -0.15) is 0 Å². The molecule has 2 N–H and O–H groups in total. The summed E-state index contributed by atoms with van der Waals surface area (Å²) in [6.07, 6.45) is 3.56. The Kier molecular flexibility index (Phi) is 3.45. The molecule has 0 aliphatic carbocycles. The van der Waals surface area contributed by atoms with Gasteiger partial charge in [-0.15, -0.1) is 0 Å². The van der Waals surface area contributed by atoms with Gasteiger partial charge >= 0.3 is 0 Å². The van der Waals surface area contributed by atoms with Crippen LogP contribution >= 0.6 is 0 Å². The largest absolute Gasteiger partial charge is 0.454 e. The molecule has 6 heteroatoms. The van der Waals surface area contributed by atoms with Crippen LogP contribution in [0.25, 0.3) is 22.4 Å². The van der Waals surface area contributed by atoms with E-state index in [0.29, 0.717) is 13.3 Å². The van der Waals surface area contributed by atoms with Crippen molar-refractivity contribution in [2.45, 2.75) is 6.54 Å². The van der Waals surface area contributed by atoms with Crippen LogP contribution in [0, 0.1) is 0 Å². The normalized spacial score (nSPS) is 12.5. The summed E-state index contributed by atoms with van der Waals surface area (Å²) in [5.74, 6) is 2.42. The molecule has 5 rings (SSSR count). The van der Waals surface area contributed by atoms with E-state index in [4.69, 9.17) is 9.47 Å². The Bertz CT molecular complexity index is 1080. The predicted octanol–water partition coefficient (Wildman–Crippen LogP) is 3.97. The van der Waals surface area contributed by atoms with E-state index in [2.05, 4.69) is 26.3 Å². The number of fused-ring (bicyclic) bond motifs is 2. The van der Waals surface area contributed by atoms with Crippen LogP contribution in [0.1, 0.15) is 5.56 Å². The summed E-state index contributed by atoms with van der Waals surface area (Å²) in [7, 11) is 0. The van der Waals surface area contributed by atoms with Crippen LogP contribution in [0.4, 0.5) is 5.69 Å². The Balaban J connectivity index is 1.36. The molecular formula is C20H16N4O2. The van der Waals surface area contributed by atoms with Gasteiger partial charge < -0.3 is 19.8 Å². The van der Waals surface area contributed by atoms with Gasteiger partial charge in [-0.3, -0.25) is 4.98 Å². The quantitative estimate of drug-likeness (QED) is 0.586. The molecule has 4 aromatic rings. The number of aromatic amines is 1. The second kappa shape index (κ2) is 6.07. The third-order valence-electron chi connectivity index (χ3n) is 4.35. The first-order chi connectivity index (χ1) is 12.8. The molecule has 1 aliphatic rings. The number of H-pyrrole nitrogens is 1. The molecule has 26 heavy (non-hydrogen) atoms. The summed E-state index contributed by atoms with van der Waals surface area (Å²) in [5.41, 5.74) is 5.04. The molecule has 0 radical (unpaired) electrons. The molecule has 2 aromatic heterocycles. The number of nitrogens with zero attached hydrogens (tertiary/aromatic N) is 2. The summed E-state index contributed by atoms with van der Waals surface area (Å²) in [6, 6.07) is 16.0. The zero-order valence-corrected chi connectivity index (χ0v) is 13.9. The summed E-state index contributed by atoms with van der Waals surface area (Å²) in [4.78, 5) is 12.1. The Morgan fingerprint density at radius 1 is 1.04 bits per heavy atom. The van der Waals surface area contributed by atoms with Crippen LogP contribution < -0.4 is 14.8 Å². The lowest BCUT2D eigenvalue weighted by Gasteiger charge is -2.07. The number of hydrogen-bond acceptors (Lipinski definition) is 5. The van der Waals surface area contributed by atoms with Crippen molar-refractivity contribution in [3.8, 4) is 22.9 Å². The first-order valence-corrected chi connectivity index (χ1v) is 8.38. The predicted molar refractivity (Wildman–Crippen MR) is 99.2 cm³/mol. The van der Waals surface area contributed by atoms with E-state index >= 15 is 0 Å². The Labute approximate surface area is 149 Å². The molecule has 0 atom stereocenters. The number of hydrogen-bond donors (Lipinski definition) is 2. The molecular weight excluding hydrogens is 328 g/mol. The SMILES string of the molecule is c1cncc(-c2nc3ccc(NCc4ccc5c(c4)OCO5)cc3[nH]2)c1. The first-order valence-electron chi connectivity index (χ1n) is 8.38. The maximum absolute atomic E-state index is 5.43. The zero-order chi connectivity index (χ0) is 17.3. The average Bonchev–Trinajstić information content (AvgIpc) is 3.33. The Morgan fingerprint density at radius 2 is 2.00 bits per heavy atom. The lowest BCUT2D eigenvalue weighted by molar-refractivity contribution is 0.174. The van der Waals surface area contributed by atoms with Crippen molar-refractivity contribution in [3.63, 3.8) is 0 Å². The minimum atomic E-state index is 0.294. The van der Waals surface area contributed by atoms with E-state index in [1.807, 2.05) is 42.5 Å². The molecule has 0 saturated heterocycles. The van der Waals surface area contributed by atoms with Crippen LogP contribution in [0.2, 0.25) is 0 Å². The molecule has 0 amide bonds. The highest BCUT2D eigenvalue weighted by Crippen LogP contribution is 2.32. The van der Waals surface area contributed by atoms with Gasteiger partial charge in [-0.25, -0.2) is 4.98 Å². The highest BCUT2D eigenvalue weighted by Gasteiger charge is 2.13. The van der Waals surface area contributed by atoms with Crippen molar-refractivity contribution in [2.75, 3.05) is 12.1 Å². The molecule has 0 saturated carbocycles. The Hall–Kier alpha value is -3.54. The number of imidazole rings is 1. The maximum Gasteiger partial charge on any atom is 0.231 e. The van der Waals surface area contributed by atoms with Crippen molar-refractivity contribution in [1.82, 2.24) is 15.0 Å². The summed E-state index contributed by atoms with van der Waals surface area (Å²) < 4.78 is 10.8. The Morgan fingerprint density at radius 3 is 2.92 bits per heavy atom. The lowest BCUT2D eigenvalue weighted by atomic mass is 10.2.